The maximum atomic E-state index is 13.3. The summed E-state index contributed by atoms with van der Waals surface area (Å²) in [6, 6.07) is 9.22. The van der Waals surface area contributed by atoms with Crippen molar-refractivity contribution >= 4 is 29.4 Å². The number of carbonyl (C=O) groups excluding carboxylic acids is 4. The predicted molar refractivity (Wildman–Crippen MR) is 137 cm³/mol. The Labute approximate surface area is 217 Å². The van der Waals surface area contributed by atoms with Crippen LogP contribution in [0.2, 0.25) is 0 Å². The van der Waals surface area contributed by atoms with Gasteiger partial charge in [0.25, 0.3) is 0 Å². The molecule has 0 aliphatic heterocycles. The van der Waals surface area contributed by atoms with E-state index in [0.29, 0.717) is 19.3 Å². The Morgan fingerprint density at radius 1 is 1.16 bits per heavy atom. The molecule has 1 aromatic rings. The molecule has 37 heavy (non-hydrogen) atoms. The molecule has 3 aliphatic rings. The molecule has 7 unspecified atom stereocenters. The molecule has 0 amide bonds. The van der Waals surface area contributed by atoms with Gasteiger partial charge in [0.1, 0.15) is 17.7 Å². The second kappa shape index (κ2) is 10.1. The largest absolute Gasteiger partial charge is 0.458 e. The lowest BCUT2D eigenvalue weighted by Gasteiger charge is -2.54. The number of ketones is 3. The van der Waals surface area contributed by atoms with Gasteiger partial charge >= 0.3 is 5.97 Å². The van der Waals surface area contributed by atoms with Crippen LogP contribution in [0.3, 0.4) is 0 Å². The molecule has 0 bridgehead atoms. The van der Waals surface area contributed by atoms with Crippen molar-refractivity contribution in [2.75, 3.05) is 0 Å². The first-order valence-corrected chi connectivity index (χ1v) is 13.0. The van der Waals surface area contributed by atoms with E-state index in [9.17, 15) is 29.4 Å². The fraction of sp³-hybridized carbons (Fsp3) is 0.533. The summed E-state index contributed by atoms with van der Waals surface area (Å²) in [4.78, 5) is 52.1. The second-order valence-electron chi connectivity index (χ2n) is 11.3. The van der Waals surface area contributed by atoms with E-state index in [1.165, 1.54) is 25.2 Å². The normalized spacial score (nSPS) is 36.4. The van der Waals surface area contributed by atoms with Gasteiger partial charge in [0.15, 0.2) is 5.78 Å². The maximum Gasteiger partial charge on any atom is 0.331 e. The average Bonchev–Trinajstić information content (AvgIpc) is 3.16. The molecule has 2 N–H and O–H groups in total. The lowest BCUT2D eigenvalue weighted by Crippen LogP contribution is -2.59. The van der Waals surface area contributed by atoms with E-state index >= 15 is 0 Å². The number of ether oxygens (including phenoxy) is 1. The Balaban J connectivity index is 1.69. The number of hydrogen-bond acceptors (Lipinski definition) is 7. The molecule has 7 atom stereocenters. The monoisotopic (exact) mass is 508 g/mol. The highest BCUT2D eigenvalue weighted by Crippen LogP contribution is 2.56. The van der Waals surface area contributed by atoms with Crippen LogP contribution in [-0.4, -0.2) is 51.3 Å². The van der Waals surface area contributed by atoms with Crippen molar-refractivity contribution in [2.45, 2.75) is 77.1 Å². The maximum absolute atomic E-state index is 13.3. The first-order chi connectivity index (χ1) is 17.4. The highest BCUT2D eigenvalue weighted by Gasteiger charge is 2.61. The molecule has 0 aromatic heterocycles. The van der Waals surface area contributed by atoms with Crippen molar-refractivity contribution in [3.05, 3.63) is 54.1 Å². The van der Waals surface area contributed by atoms with Crippen LogP contribution in [0.15, 0.2) is 48.6 Å². The quantitative estimate of drug-likeness (QED) is 0.427. The number of esters is 1. The van der Waals surface area contributed by atoms with Gasteiger partial charge in [-0.2, -0.15) is 0 Å². The Morgan fingerprint density at radius 3 is 2.54 bits per heavy atom. The molecule has 7 nitrogen and oxygen atoms in total. The van der Waals surface area contributed by atoms with E-state index in [2.05, 4.69) is 0 Å². The SMILES string of the molecule is CC(=O)C1CCC(=O)C1(C)C(CC1C(=O)C=CC2(O)CC(O)CCC12C)OC(=O)C=Cc1ccccc1. The van der Waals surface area contributed by atoms with Gasteiger partial charge in [-0.15, -0.1) is 0 Å². The van der Waals surface area contributed by atoms with Crippen molar-refractivity contribution in [2.24, 2.45) is 22.7 Å². The van der Waals surface area contributed by atoms with E-state index in [-0.39, 0.29) is 36.6 Å². The van der Waals surface area contributed by atoms with E-state index in [1.54, 1.807) is 13.0 Å². The van der Waals surface area contributed by atoms with Gasteiger partial charge in [-0.25, -0.2) is 4.79 Å². The summed E-state index contributed by atoms with van der Waals surface area (Å²) < 4.78 is 5.93. The third-order valence-electron chi connectivity index (χ3n) is 9.23. The molecule has 198 valence electrons. The number of carbonyl (C=O) groups is 4. The predicted octanol–water partition coefficient (Wildman–Crippen LogP) is 3.61. The summed E-state index contributed by atoms with van der Waals surface area (Å²) in [5.74, 6) is -2.62. The molecule has 3 aliphatic carbocycles. The van der Waals surface area contributed by atoms with Crippen LogP contribution in [0.1, 0.15) is 64.9 Å². The van der Waals surface area contributed by atoms with Crippen molar-refractivity contribution in [3.8, 4) is 0 Å². The molecule has 7 heteroatoms. The summed E-state index contributed by atoms with van der Waals surface area (Å²) in [6.45, 7) is 4.92. The highest BCUT2D eigenvalue weighted by atomic mass is 16.5. The van der Waals surface area contributed by atoms with E-state index in [4.69, 9.17) is 4.74 Å². The van der Waals surface area contributed by atoms with Crippen molar-refractivity contribution < 1.29 is 34.1 Å². The van der Waals surface area contributed by atoms with Crippen LogP contribution in [0.25, 0.3) is 6.08 Å². The third kappa shape index (κ3) is 4.87. The topological polar surface area (TPSA) is 118 Å². The minimum absolute atomic E-state index is 0.00494. The smallest absolute Gasteiger partial charge is 0.331 e. The highest BCUT2D eigenvalue weighted by molar-refractivity contribution is 5.97. The number of benzene rings is 1. The van der Waals surface area contributed by atoms with Crippen LogP contribution in [0.4, 0.5) is 0 Å². The van der Waals surface area contributed by atoms with E-state index < -0.39 is 46.4 Å². The summed E-state index contributed by atoms with van der Waals surface area (Å²) in [5, 5.41) is 21.7. The number of aliphatic hydroxyl groups excluding tert-OH is 1. The number of hydrogen-bond donors (Lipinski definition) is 2. The second-order valence-corrected chi connectivity index (χ2v) is 11.3. The lowest BCUT2D eigenvalue weighted by atomic mass is 9.52. The van der Waals surface area contributed by atoms with Gasteiger partial charge in [-0.05, 0) is 63.3 Å². The fourth-order valence-corrected chi connectivity index (χ4v) is 6.74. The molecule has 0 saturated heterocycles. The summed E-state index contributed by atoms with van der Waals surface area (Å²) in [6.07, 6.45) is 5.43. The van der Waals surface area contributed by atoms with Gasteiger partial charge in [0, 0.05) is 36.2 Å². The van der Waals surface area contributed by atoms with Crippen LogP contribution < -0.4 is 0 Å². The van der Waals surface area contributed by atoms with Crippen molar-refractivity contribution in [1.29, 1.82) is 0 Å². The Morgan fingerprint density at radius 2 is 1.86 bits per heavy atom. The molecule has 1 aromatic carbocycles. The number of Topliss-reactive ketones (excluding diaryl/α,β-unsaturated/α-hetero) is 2. The van der Waals surface area contributed by atoms with Crippen LogP contribution in [0.5, 0.6) is 0 Å². The van der Waals surface area contributed by atoms with E-state index in [1.807, 2.05) is 37.3 Å². The zero-order chi connectivity index (χ0) is 27.0. The minimum Gasteiger partial charge on any atom is -0.458 e. The Kier molecular flexibility index (Phi) is 7.41. The van der Waals surface area contributed by atoms with E-state index in [0.717, 1.165) is 5.56 Å². The zero-order valence-electron chi connectivity index (χ0n) is 21.7. The molecule has 4 rings (SSSR count). The van der Waals surface area contributed by atoms with Gasteiger partial charge < -0.3 is 14.9 Å². The van der Waals surface area contributed by atoms with Gasteiger partial charge in [0.05, 0.1) is 17.1 Å². The van der Waals surface area contributed by atoms with Crippen molar-refractivity contribution in [3.63, 3.8) is 0 Å². The first kappa shape index (κ1) is 27.1. The Bertz CT molecular complexity index is 1140. The fourth-order valence-electron chi connectivity index (χ4n) is 6.74. The zero-order valence-corrected chi connectivity index (χ0v) is 21.7. The summed E-state index contributed by atoms with van der Waals surface area (Å²) in [7, 11) is 0. The number of aliphatic hydroxyl groups is 2. The van der Waals surface area contributed by atoms with Crippen LogP contribution >= 0.6 is 0 Å². The number of fused-ring (bicyclic) bond motifs is 1. The molecule has 2 fully saturated rings. The lowest BCUT2D eigenvalue weighted by molar-refractivity contribution is -0.172. The van der Waals surface area contributed by atoms with Gasteiger partial charge in [-0.3, -0.25) is 14.4 Å². The molecule has 0 radical (unpaired) electrons. The van der Waals surface area contributed by atoms with Gasteiger partial charge in [0.2, 0.25) is 0 Å². The standard InChI is InChI=1S/C30H36O7/c1-19(31)22-10-11-25(34)29(22,3)26(37-27(35)12-9-20-7-5-4-6-8-20)17-23-24(33)14-16-30(36)18-21(32)13-15-28(23,30)2/h4-9,12,14,16,21-23,26,32,36H,10-11,13,15,17-18H2,1-3H3. The Hall–Kier alpha value is -2.90. The van der Waals surface area contributed by atoms with Crippen LogP contribution in [0, 0.1) is 22.7 Å². The minimum atomic E-state index is -1.41. The number of allylic oxidation sites excluding steroid dienone is 1. The molecule has 0 heterocycles. The summed E-state index contributed by atoms with van der Waals surface area (Å²) in [5.41, 5.74) is -2.82. The average molecular weight is 509 g/mol. The molecular formula is C30H36O7. The van der Waals surface area contributed by atoms with Crippen LogP contribution in [-0.2, 0) is 23.9 Å². The first-order valence-electron chi connectivity index (χ1n) is 13.0. The third-order valence-corrected chi connectivity index (χ3v) is 9.23. The molecule has 0 spiro atoms. The molecule has 2 saturated carbocycles. The van der Waals surface area contributed by atoms with Gasteiger partial charge in [-0.1, -0.05) is 37.3 Å². The van der Waals surface area contributed by atoms with Crippen molar-refractivity contribution in [1.82, 2.24) is 0 Å². The number of rotatable bonds is 7. The molecular weight excluding hydrogens is 472 g/mol. The summed E-state index contributed by atoms with van der Waals surface area (Å²) >= 11 is 0.